The van der Waals surface area contributed by atoms with Gasteiger partial charge in [-0.3, -0.25) is 9.69 Å². The Bertz CT molecular complexity index is 710. The van der Waals surface area contributed by atoms with Gasteiger partial charge < -0.3 is 4.98 Å². The highest BCUT2D eigenvalue weighted by Gasteiger charge is 2.34. The summed E-state index contributed by atoms with van der Waals surface area (Å²) in [5.74, 6) is -0.773. The number of amides is 1. The summed E-state index contributed by atoms with van der Waals surface area (Å²) in [5.41, 5.74) is 0.990. The van der Waals surface area contributed by atoms with Crippen LogP contribution in [0.2, 0.25) is 0 Å². The number of halogens is 1. The molecule has 1 aliphatic rings. The number of aromatic nitrogens is 1. The van der Waals surface area contributed by atoms with Crippen LogP contribution in [0.25, 0.3) is 6.08 Å². The van der Waals surface area contributed by atoms with Gasteiger partial charge in [-0.05, 0) is 30.3 Å². The molecule has 0 aliphatic carbocycles. The molecule has 6 heteroatoms. The Morgan fingerprint density at radius 1 is 1.25 bits per heavy atom. The van der Waals surface area contributed by atoms with Crippen molar-refractivity contribution in [3.05, 3.63) is 59.0 Å². The van der Waals surface area contributed by atoms with Crippen LogP contribution in [0.15, 0.2) is 47.5 Å². The average Bonchev–Trinajstić information content (AvgIpc) is 3.01. The third kappa shape index (κ3) is 2.28. The van der Waals surface area contributed by atoms with Crippen molar-refractivity contribution in [3.8, 4) is 0 Å². The Morgan fingerprint density at radius 2 is 2.05 bits per heavy atom. The Morgan fingerprint density at radius 3 is 2.75 bits per heavy atom. The minimum absolute atomic E-state index is 0.185. The van der Waals surface area contributed by atoms with Crippen molar-refractivity contribution >= 4 is 46.0 Å². The molecule has 3 rings (SSSR count). The molecule has 3 nitrogen and oxygen atoms in total. The number of anilines is 1. The van der Waals surface area contributed by atoms with Crippen molar-refractivity contribution in [2.24, 2.45) is 0 Å². The quantitative estimate of drug-likeness (QED) is 0.681. The number of nitrogens with zero attached hydrogens (tertiary/aromatic N) is 1. The van der Waals surface area contributed by atoms with Crippen LogP contribution in [-0.2, 0) is 4.79 Å². The van der Waals surface area contributed by atoms with Crippen LogP contribution in [0.4, 0.5) is 10.1 Å². The van der Waals surface area contributed by atoms with Crippen LogP contribution < -0.4 is 4.90 Å². The van der Waals surface area contributed by atoms with E-state index in [1.165, 1.54) is 28.8 Å². The van der Waals surface area contributed by atoms with Crippen LogP contribution in [0.1, 0.15) is 5.69 Å². The summed E-state index contributed by atoms with van der Waals surface area (Å²) in [6, 6.07) is 9.77. The number of para-hydroxylation sites is 1. The number of hydrogen-bond donors (Lipinski definition) is 1. The zero-order valence-corrected chi connectivity index (χ0v) is 11.8. The summed E-state index contributed by atoms with van der Waals surface area (Å²) >= 11 is 6.35. The van der Waals surface area contributed by atoms with E-state index in [1.54, 1.807) is 24.4 Å². The number of carbonyl (C=O) groups is 1. The summed E-state index contributed by atoms with van der Waals surface area (Å²) in [5, 5.41) is 0. The molecule has 0 bridgehead atoms. The standard InChI is InChI=1S/C14H9FN2OS2/c15-10-5-1-2-6-11(10)17-13(18)12(20-14(17)19)8-9-4-3-7-16-9/h1-8,16H/b12-8-. The van der Waals surface area contributed by atoms with Crippen molar-refractivity contribution in [1.29, 1.82) is 0 Å². The highest BCUT2D eigenvalue weighted by molar-refractivity contribution is 8.27. The van der Waals surface area contributed by atoms with E-state index in [2.05, 4.69) is 4.98 Å². The molecular weight excluding hydrogens is 295 g/mol. The van der Waals surface area contributed by atoms with Gasteiger partial charge in [0.15, 0.2) is 4.32 Å². The first kappa shape index (κ1) is 13.1. The first-order valence-corrected chi connectivity index (χ1v) is 7.05. The Kier molecular flexibility index (Phi) is 3.42. The second-order valence-corrected chi connectivity index (χ2v) is 5.77. The Balaban J connectivity index is 1.98. The van der Waals surface area contributed by atoms with E-state index in [-0.39, 0.29) is 11.6 Å². The van der Waals surface area contributed by atoms with Crippen molar-refractivity contribution < 1.29 is 9.18 Å². The number of rotatable bonds is 2. The maximum Gasteiger partial charge on any atom is 0.270 e. The average molecular weight is 304 g/mol. The number of carbonyl (C=O) groups excluding carboxylic acids is 1. The van der Waals surface area contributed by atoms with E-state index < -0.39 is 5.82 Å². The predicted molar refractivity (Wildman–Crippen MR) is 82.8 cm³/mol. The smallest absolute Gasteiger partial charge is 0.270 e. The number of thiocarbonyl (C=S) groups is 1. The minimum atomic E-state index is -0.468. The summed E-state index contributed by atoms with van der Waals surface area (Å²) < 4.78 is 14.1. The van der Waals surface area contributed by atoms with Crippen molar-refractivity contribution in [1.82, 2.24) is 4.98 Å². The Labute approximate surface area is 124 Å². The lowest BCUT2D eigenvalue weighted by Gasteiger charge is -2.14. The monoisotopic (exact) mass is 304 g/mol. The highest BCUT2D eigenvalue weighted by atomic mass is 32.2. The molecule has 1 N–H and O–H groups in total. The lowest BCUT2D eigenvalue weighted by molar-refractivity contribution is -0.113. The molecule has 0 saturated carbocycles. The van der Waals surface area contributed by atoms with Crippen LogP contribution in [0, 0.1) is 5.82 Å². The molecule has 1 aromatic heterocycles. The van der Waals surface area contributed by atoms with Gasteiger partial charge in [0, 0.05) is 11.9 Å². The third-order valence-corrected chi connectivity index (χ3v) is 4.10. The van der Waals surface area contributed by atoms with E-state index in [4.69, 9.17) is 12.2 Å². The molecule has 1 fully saturated rings. The number of thioether (sulfide) groups is 1. The molecule has 1 amide bonds. The molecule has 2 heterocycles. The third-order valence-electron chi connectivity index (χ3n) is 2.80. The van der Waals surface area contributed by atoms with E-state index in [0.29, 0.717) is 9.23 Å². The molecule has 100 valence electrons. The first-order chi connectivity index (χ1) is 9.66. The molecule has 1 aliphatic heterocycles. The van der Waals surface area contributed by atoms with Crippen LogP contribution >= 0.6 is 24.0 Å². The minimum Gasteiger partial charge on any atom is -0.362 e. The van der Waals surface area contributed by atoms with Gasteiger partial charge in [0.1, 0.15) is 5.82 Å². The fourth-order valence-corrected chi connectivity index (χ4v) is 3.16. The summed E-state index contributed by atoms with van der Waals surface area (Å²) in [4.78, 5) is 17.1. The molecule has 2 aromatic rings. The number of aromatic amines is 1. The van der Waals surface area contributed by atoms with Gasteiger partial charge in [0.2, 0.25) is 0 Å². The lowest BCUT2D eigenvalue weighted by atomic mass is 10.2. The number of nitrogens with one attached hydrogen (secondary N) is 1. The maximum absolute atomic E-state index is 13.8. The van der Waals surface area contributed by atoms with Crippen molar-refractivity contribution in [3.63, 3.8) is 0 Å². The number of benzene rings is 1. The second kappa shape index (κ2) is 5.22. The predicted octanol–water partition coefficient (Wildman–Crippen LogP) is 3.56. The molecule has 0 radical (unpaired) electrons. The molecule has 0 spiro atoms. The van der Waals surface area contributed by atoms with E-state index in [9.17, 15) is 9.18 Å². The number of hydrogen-bond acceptors (Lipinski definition) is 3. The van der Waals surface area contributed by atoms with Gasteiger partial charge in [-0.2, -0.15) is 0 Å². The summed E-state index contributed by atoms with van der Waals surface area (Å²) in [6.07, 6.45) is 3.48. The zero-order valence-electron chi connectivity index (χ0n) is 10.2. The molecule has 1 aromatic carbocycles. The Hall–Kier alpha value is -1.92. The summed E-state index contributed by atoms with van der Waals surface area (Å²) in [6.45, 7) is 0. The van der Waals surface area contributed by atoms with Gasteiger partial charge in [-0.1, -0.05) is 36.1 Å². The van der Waals surface area contributed by atoms with E-state index in [0.717, 1.165) is 5.69 Å². The second-order valence-electron chi connectivity index (χ2n) is 4.09. The largest absolute Gasteiger partial charge is 0.362 e. The van der Waals surface area contributed by atoms with E-state index >= 15 is 0 Å². The van der Waals surface area contributed by atoms with Gasteiger partial charge >= 0.3 is 0 Å². The fraction of sp³-hybridized carbons (Fsp3) is 0. The zero-order chi connectivity index (χ0) is 14.1. The van der Waals surface area contributed by atoms with Crippen molar-refractivity contribution in [2.75, 3.05) is 4.90 Å². The topological polar surface area (TPSA) is 36.1 Å². The fourth-order valence-electron chi connectivity index (χ4n) is 1.88. The lowest BCUT2D eigenvalue weighted by Crippen LogP contribution is -2.28. The normalized spacial score (nSPS) is 17.2. The van der Waals surface area contributed by atoms with Crippen molar-refractivity contribution in [2.45, 2.75) is 0 Å². The van der Waals surface area contributed by atoms with E-state index in [1.807, 2.05) is 12.1 Å². The molecule has 0 unspecified atom stereocenters. The highest BCUT2D eigenvalue weighted by Crippen LogP contribution is 2.36. The van der Waals surface area contributed by atoms with Crippen LogP contribution in [0.5, 0.6) is 0 Å². The van der Waals surface area contributed by atoms with Gasteiger partial charge in [0.05, 0.1) is 10.6 Å². The molecule has 0 atom stereocenters. The van der Waals surface area contributed by atoms with Gasteiger partial charge in [-0.25, -0.2) is 4.39 Å². The van der Waals surface area contributed by atoms with Gasteiger partial charge in [-0.15, -0.1) is 0 Å². The molecular formula is C14H9FN2OS2. The van der Waals surface area contributed by atoms with Crippen LogP contribution in [0.3, 0.4) is 0 Å². The summed E-state index contributed by atoms with van der Waals surface area (Å²) in [7, 11) is 0. The molecule has 20 heavy (non-hydrogen) atoms. The SMILES string of the molecule is O=C1/C(=C/c2ccc[nH]2)SC(=S)N1c1ccccc1F. The maximum atomic E-state index is 13.8. The number of H-pyrrole nitrogens is 1. The first-order valence-electron chi connectivity index (χ1n) is 5.83. The molecule has 1 saturated heterocycles. The van der Waals surface area contributed by atoms with Gasteiger partial charge in [0.25, 0.3) is 5.91 Å². The van der Waals surface area contributed by atoms with Crippen LogP contribution in [-0.4, -0.2) is 15.2 Å².